The van der Waals surface area contributed by atoms with E-state index in [1.165, 1.54) is 4.90 Å². The van der Waals surface area contributed by atoms with Crippen LogP contribution < -0.4 is 9.47 Å². The van der Waals surface area contributed by atoms with Crippen molar-refractivity contribution in [3.63, 3.8) is 0 Å². The Bertz CT molecular complexity index is 1040. The number of amides is 1. The molecule has 138 valence electrons. The summed E-state index contributed by atoms with van der Waals surface area (Å²) >= 11 is 0. The lowest BCUT2D eigenvalue weighted by Crippen LogP contribution is -2.29. The van der Waals surface area contributed by atoms with Gasteiger partial charge in [0, 0.05) is 30.8 Å². The number of aromatic nitrogens is 3. The maximum absolute atomic E-state index is 12.6. The first-order valence-electron chi connectivity index (χ1n) is 8.49. The van der Waals surface area contributed by atoms with Gasteiger partial charge in [-0.2, -0.15) is 5.10 Å². The molecule has 0 bridgehead atoms. The summed E-state index contributed by atoms with van der Waals surface area (Å²) in [7, 11) is 3.16. The van der Waals surface area contributed by atoms with Crippen LogP contribution >= 0.6 is 0 Å². The molecule has 0 aliphatic carbocycles. The normalized spacial score (nSPS) is 14.0. The number of hydrogen-bond donors (Lipinski definition) is 0. The molecule has 1 amide bonds. The summed E-state index contributed by atoms with van der Waals surface area (Å²) in [5, 5.41) is 4.44. The van der Waals surface area contributed by atoms with Gasteiger partial charge < -0.3 is 14.4 Å². The number of methoxy groups -OCH3 is 2. The molecule has 8 nitrogen and oxygen atoms in total. The highest BCUT2D eigenvalue weighted by atomic mass is 16.5. The molecule has 3 heterocycles. The molecule has 1 aromatic carbocycles. The van der Waals surface area contributed by atoms with Crippen LogP contribution in [-0.2, 0) is 4.79 Å². The topological polar surface area (TPSA) is 86.0 Å². The van der Waals surface area contributed by atoms with E-state index in [0.29, 0.717) is 30.1 Å². The fourth-order valence-corrected chi connectivity index (χ4v) is 3.18. The Labute approximate surface area is 155 Å². The van der Waals surface area contributed by atoms with Gasteiger partial charge in [0.15, 0.2) is 28.6 Å². The van der Waals surface area contributed by atoms with Gasteiger partial charge in [0.2, 0.25) is 0 Å². The number of fused-ring (bicyclic) bond motifs is 1. The minimum atomic E-state index is -0.260. The number of nitrogens with zero attached hydrogens (tertiary/aromatic N) is 4. The number of carbonyl (C=O) groups excluding carboxylic acids is 2. The fraction of sp³-hybridized carbons (Fsp3) is 0.263. The third kappa shape index (κ3) is 2.99. The van der Waals surface area contributed by atoms with Crippen molar-refractivity contribution >= 4 is 17.3 Å². The summed E-state index contributed by atoms with van der Waals surface area (Å²) in [6, 6.07) is 8.99. The number of benzene rings is 1. The van der Waals surface area contributed by atoms with E-state index in [-0.39, 0.29) is 23.9 Å². The third-order valence-electron chi connectivity index (χ3n) is 4.57. The molecule has 4 rings (SSSR count). The van der Waals surface area contributed by atoms with E-state index in [4.69, 9.17) is 9.47 Å². The lowest BCUT2D eigenvalue weighted by molar-refractivity contribution is -0.116. The van der Waals surface area contributed by atoms with E-state index in [2.05, 4.69) is 10.1 Å². The van der Waals surface area contributed by atoms with Crippen LogP contribution in [0.4, 0.5) is 0 Å². The highest BCUT2D eigenvalue weighted by Crippen LogP contribution is 2.32. The van der Waals surface area contributed by atoms with E-state index in [9.17, 15) is 9.59 Å². The van der Waals surface area contributed by atoms with Crippen LogP contribution in [0.3, 0.4) is 0 Å². The highest BCUT2D eigenvalue weighted by molar-refractivity contribution is 5.98. The zero-order chi connectivity index (χ0) is 19.0. The second kappa shape index (κ2) is 6.71. The Kier molecular flexibility index (Phi) is 4.23. The predicted octanol–water partition coefficient (Wildman–Crippen LogP) is 1.83. The molecular weight excluding hydrogens is 348 g/mol. The van der Waals surface area contributed by atoms with Crippen molar-refractivity contribution in [1.29, 1.82) is 0 Å². The fourth-order valence-electron chi connectivity index (χ4n) is 3.18. The van der Waals surface area contributed by atoms with E-state index >= 15 is 0 Å². The first-order chi connectivity index (χ1) is 13.1. The van der Waals surface area contributed by atoms with Crippen LogP contribution in [0.2, 0.25) is 0 Å². The van der Waals surface area contributed by atoms with Gasteiger partial charge in [-0.1, -0.05) is 0 Å². The molecule has 0 unspecified atom stereocenters. The molecule has 0 spiro atoms. The Balaban J connectivity index is 1.76. The van der Waals surface area contributed by atoms with Crippen molar-refractivity contribution in [1.82, 2.24) is 19.5 Å². The number of rotatable bonds is 4. The summed E-state index contributed by atoms with van der Waals surface area (Å²) in [5.41, 5.74) is 2.43. The zero-order valence-corrected chi connectivity index (χ0v) is 15.0. The maximum atomic E-state index is 12.6. The molecular formula is C19H18N4O4. The summed E-state index contributed by atoms with van der Waals surface area (Å²) in [6.07, 6.45) is 2.06. The highest BCUT2D eigenvalue weighted by Gasteiger charge is 2.27. The lowest BCUT2D eigenvalue weighted by Gasteiger charge is -2.12. The second-order valence-electron chi connectivity index (χ2n) is 6.21. The molecule has 1 aliphatic heterocycles. The summed E-state index contributed by atoms with van der Waals surface area (Å²) < 4.78 is 12.3. The standard InChI is InChI=1S/C19H18N4O4/c1-26-16-4-3-12(9-17(16)27-2)15-5-7-20-18-10-14(21-23(15)18)19(25)22-8-6-13(24)11-22/h3-5,7,9-10H,6,8,11H2,1-2H3. The number of ether oxygens (including phenoxy) is 2. The molecule has 8 heteroatoms. The van der Waals surface area contributed by atoms with Crippen LogP contribution in [0.15, 0.2) is 36.5 Å². The van der Waals surface area contributed by atoms with Crippen LogP contribution in [0.5, 0.6) is 11.5 Å². The number of likely N-dealkylation sites (tertiary alicyclic amines) is 1. The van der Waals surface area contributed by atoms with Crippen LogP contribution in [0.25, 0.3) is 16.9 Å². The SMILES string of the molecule is COc1ccc(-c2ccnc3cc(C(=O)N4CCC(=O)C4)nn23)cc1OC. The molecule has 1 aliphatic rings. The summed E-state index contributed by atoms with van der Waals surface area (Å²) in [6.45, 7) is 0.574. The van der Waals surface area contributed by atoms with Gasteiger partial charge in [-0.3, -0.25) is 9.59 Å². The van der Waals surface area contributed by atoms with Crippen LogP contribution in [-0.4, -0.2) is 58.5 Å². The first-order valence-corrected chi connectivity index (χ1v) is 8.49. The molecule has 1 saturated heterocycles. The van der Waals surface area contributed by atoms with E-state index in [1.54, 1.807) is 31.0 Å². The van der Waals surface area contributed by atoms with E-state index in [0.717, 1.165) is 11.3 Å². The van der Waals surface area contributed by atoms with Gasteiger partial charge >= 0.3 is 0 Å². The summed E-state index contributed by atoms with van der Waals surface area (Å²) in [5.74, 6) is 1.03. The number of carbonyl (C=O) groups is 2. The second-order valence-corrected chi connectivity index (χ2v) is 6.21. The zero-order valence-electron chi connectivity index (χ0n) is 15.0. The molecule has 0 saturated carbocycles. The van der Waals surface area contributed by atoms with Gasteiger partial charge in [-0.25, -0.2) is 9.50 Å². The van der Waals surface area contributed by atoms with Crippen LogP contribution in [0.1, 0.15) is 16.9 Å². The maximum Gasteiger partial charge on any atom is 0.274 e. The average molecular weight is 366 g/mol. The third-order valence-corrected chi connectivity index (χ3v) is 4.57. The molecule has 0 radical (unpaired) electrons. The van der Waals surface area contributed by atoms with E-state index in [1.807, 2.05) is 24.3 Å². The first kappa shape index (κ1) is 17.0. The van der Waals surface area contributed by atoms with Crippen molar-refractivity contribution in [2.75, 3.05) is 27.3 Å². The van der Waals surface area contributed by atoms with Crippen LogP contribution in [0, 0.1) is 0 Å². The molecule has 0 atom stereocenters. The Hall–Kier alpha value is -3.42. The lowest BCUT2D eigenvalue weighted by atomic mass is 10.1. The van der Waals surface area contributed by atoms with Gasteiger partial charge in [0.05, 0.1) is 26.5 Å². The monoisotopic (exact) mass is 366 g/mol. The van der Waals surface area contributed by atoms with E-state index < -0.39 is 0 Å². The number of hydrogen-bond acceptors (Lipinski definition) is 6. The van der Waals surface area contributed by atoms with Crippen molar-refractivity contribution < 1.29 is 19.1 Å². The van der Waals surface area contributed by atoms with Gasteiger partial charge in [0.1, 0.15) is 0 Å². The van der Waals surface area contributed by atoms with Gasteiger partial charge in [-0.05, 0) is 24.3 Å². The smallest absolute Gasteiger partial charge is 0.274 e. The Morgan fingerprint density at radius 2 is 1.93 bits per heavy atom. The van der Waals surface area contributed by atoms with Gasteiger partial charge in [-0.15, -0.1) is 0 Å². The van der Waals surface area contributed by atoms with Crippen molar-refractivity contribution in [3.8, 4) is 22.8 Å². The Morgan fingerprint density at radius 3 is 2.63 bits per heavy atom. The molecule has 0 N–H and O–H groups in total. The predicted molar refractivity (Wildman–Crippen MR) is 97.1 cm³/mol. The van der Waals surface area contributed by atoms with Crippen molar-refractivity contribution in [2.45, 2.75) is 6.42 Å². The number of Topliss-reactive ketones (excluding diaryl/α,β-unsaturated/α-hetero) is 1. The molecule has 2 aromatic heterocycles. The molecule has 27 heavy (non-hydrogen) atoms. The average Bonchev–Trinajstić information content (AvgIpc) is 3.32. The van der Waals surface area contributed by atoms with Crippen molar-refractivity contribution in [3.05, 3.63) is 42.2 Å². The number of ketones is 1. The minimum absolute atomic E-state index is 0.0660. The Morgan fingerprint density at radius 1 is 1.11 bits per heavy atom. The van der Waals surface area contributed by atoms with Crippen molar-refractivity contribution in [2.24, 2.45) is 0 Å². The largest absolute Gasteiger partial charge is 0.493 e. The summed E-state index contributed by atoms with van der Waals surface area (Å²) in [4.78, 5) is 29.9. The molecule has 3 aromatic rings. The van der Waals surface area contributed by atoms with Gasteiger partial charge in [0.25, 0.3) is 5.91 Å². The minimum Gasteiger partial charge on any atom is -0.493 e. The molecule has 1 fully saturated rings. The quantitative estimate of drug-likeness (QED) is 0.700.